The highest BCUT2D eigenvalue weighted by Crippen LogP contribution is 2.20. The topological polar surface area (TPSA) is 103 Å². The van der Waals surface area contributed by atoms with Crippen molar-refractivity contribution in [1.82, 2.24) is 19.7 Å². The lowest BCUT2D eigenvalue weighted by molar-refractivity contribution is -0.146. The second-order valence-electron chi connectivity index (χ2n) is 4.03. The maximum atomic E-state index is 12.1. The van der Waals surface area contributed by atoms with E-state index in [4.69, 9.17) is 0 Å². The van der Waals surface area contributed by atoms with Crippen LogP contribution in [0.5, 0.6) is 0 Å². The first kappa shape index (κ1) is 15.1. The number of sulfonamides is 1. The summed E-state index contributed by atoms with van der Waals surface area (Å²) in [6, 6.07) is 0. The van der Waals surface area contributed by atoms with Crippen LogP contribution in [0.15, 0.2) is 9.63 Å². The minimum absolute atomic E-state index is 0.0677. The van der Waals surface area contributed by atoms with E-state index in [-0.39, 0.29) is 9.63 Å². The highest BCUT2D eigenvalue weighted by molar-refractivity contribution is 9.10. The summed E-state index contributed by atoms with van der Waals surface area (Å²) in [5.74, 6) is -0.697. The Morgan fingerprint density at radius 3 is 2.44 bits per heavy atom. The molecule has 102 valence electrons. The Hall–Kier alpha value is -1.00. The van der Waals surface area contributed by atoms with E-state index in [2.05, 4.69) is 35.7 Å². The number of rotatable bonds is 4. The average molecular weight is 341 g/mol. The SMILES string of the molecule is COC(=O)C(C)(C)NS(=O)(=O)c1c(Br)nnn1C. The third-order valence-electron chi connectivity index (χ3n) is 2.08. The molecule has 0 unspecified atom stereocenters. The van der Waals surface area contributed by atoms with Gasteiger partial charge in [-0.1, -0.05) is 5.21 Å². The van der Waals surface area contributed by atoms with Gasteiger partial charge in [0.1, 0.15) is 5.54 Å². The van der Waals surface area contributed by atoms with Crippen LogP contribution >= 0.6 is 15.9 Å². The zero-order valence-electron chi connectivity index (χ0n) is 10.3. The normalized spacial score (nSPS) is 12.5. The van der Waals surface area contributed by atoms with E-state index in [1.807, 2.05) is 0 Å². The summed E-state index contributed by atoms with van der Waals surface area (Å²) in [6.07, 6.45) is 0. The number of esters is 1. The molecule has 0 spiro atoms. The van der Waals surface area contributed by atoms with Crippen LogP contribution in [0.1, 0.15) is 13.8 Å². The van der Waals surface area contributed by atoms with Crippen molar-refractivity contribution in [2.24, 2.45) is 7.05 Å². The summed E-state index contributed by atoms with van der Waals surface area (Å²) in [5, 5.41) is 6.97. The smallest absolute Gasteiger partial charge is 0.326 e. The van der Waals surface area contributed by atoms with E-state index in [1.54, 1.807) is 0 Å². The van der Waals surface area contributed by atoms with Crippen molar-refractivity contribution in [3.8, 4) is 0 Å². The van der Waals surface area contributed by atoms with Gasteiger partial charge < -0.3 is 4.74 Å². The van der Waals surface area contributed by atoms with E-state index in [9.17, 15) is 13.2 Å². The van der Waals surface area contributed by atoms with E-state index in [1.165, 1.54) is 28.0 Å². The van der Waals surface area contributed by atoms with Gasteiger partial charge in [-0.05, 0) is 29.8 Å². The summed E-state index contributed by atoms with van der Waals surface area (Å²) in [5.41, 5.74) is -1.39. The van der Waals surface area contributed by atoms with Gasteiger partial charge in [-0.15, -0.1) is 5.10 Å². The van der Waals surface area contributed by atoms with Crippen LogP contribution < -0.4 is 4.72 Å². The predicted molar refractivity (Wildman–Crippen MR) is 65.1 cm³/mol. The molecular weight excluding hydrogens is 328 g/mol. The van der Waals surface area contributed by atoms with Crippen LogP contribution in [0.25, 0.3) is 0 Å². The zero-order chi connectivity index (χ0) is 14.1. The van der Waals surface area contributed by atoms with E-state index in [0.717, 1.165) is 4.68 Å². The summed E-state index contributed by atoms with van der Waals surface area (Å²) < 4.78 is 32.2. The summed E-state index contributed by atoms with van der Waals surface area (Å²) in [4.78, 5) is 11.5. The lowest BCUT2D eigenvalue weighted by atomic mass is 10.1. The number of aryl methyl sites for hydroxylation is 1. The van der Waals surface area contributed by atoms with Gasteiger partial charge in [0.2, 0.25) is 5.03 Å². The Balaban J connectivity index is 3.15. The molecule has 1 rings (SSSR count). The number of nitrogens with one attached hydrogen (secondary N) is 1. The van der Waals surface area contributed by atoms with Crippen LogP contribution in [-0.4, -0.2) is 42.0 Å². The van der Waals surface area contributed by atoms with Crippen molar-refractivity contribution < 1.29 is 17.9 Å². The molecule has 1 aromatic heterocycles. The van der Waals surface area contributed by atoms with Crippen molar-refractivity contribution in [2.45, 2.75) is 24.4 Å². The lowest BCUT2D eigenvalue weighted by Gasteiger charge is -2.22. The van der Waals surface area contributed by atoms with Gasteiger partial charge in [0.15, 0.2) is 4.60 Å². The zero-order valence-corrected chi connectivity index (χ0v) is 12.7. The van der Waals surface area contributed by atoms with E-state index < -0.39 is 21.5 Å². The van der Waals surface area contributed by atoms with Gasteiger partial charge in [0, 0.05) is 7.05 Å². The Labute approximate surface area is 113 Å². The fraction of sp³-hybridized carbons (Fsp3) is 0.625. The number of hydrogen-bond acceptors (Lipinski definition) is 6. The molecular formula is C8H13BrN4O4S. The molecule has 0 aliphatic carbocycles. The molecule has 18 heavy (non-hydrogen) atoms. The quantitative estimate of drug-likeness (QED) is 0.762. The fourth-order valence-corrected chi connectivity index (χ4v) is 3.75. The summed E-state index contributed by atoms with van der Waals surface area (Å²) in [6.45, 7) is 2.79. The van der Waals surface area contributed by atoms with Crippen molar-refractivity contribution in [2.75, 3.05) is 7.11 Å². The van der Waals surface area contributed by atoms with Crippen LogP contribution in [0.3, 0.4) is 0 Å². The number of nitrogens with zero attached hydrogens (tertiary/aromatic N) is 3. The first-order valence-electron chi connectivity index (χ1n) is 4.79. The summed E-state index contributed by atoms with van der Waals surface area (Å²) in [7, 11) is -1.34. The first-order chi connectivity index (χ1) is 8.12. The molecule has 0 aromatic carbocycles. The van der Waals surface area contributed by atoms with E-state index in [0.29, 0.717) is 0 Å². The van der Waals surface area contributed by atoms with Gasteiger partial charge >= 0.3 is 5.97 Å². The largest absolute Gasteiger partial charge is 0.468 e. The Bertz CT molecular complexity index is 546. The van der Waals surface area contributed by atoms with Gasteiger partial charge in [-0.3, -0.25) is 4.79 Å². The minimum Gasteiger partial charge on any atom is -0.468 e. The Morgan fingerprint density at radius 2 is 2.06 bits per heavy atom. The van der Waals surface area contributed by atoms with Crippen molar-refractivity contribution in [3.63, 3.8) is 0 Å². The number of carbonyl (C=O) groups is 1. The predicted octanol–water partition coefficient (Wildman–Crippen LogP) is -0.193. The highest BCUT2D eigenvalue weighted by Gasteiger charge is 2.36. The molecule has 1 N–H and O–H groups in total. The van der Waals surface area contributed by atoms with Crippen LogP contribution in [0.2, 0.25) is 0 Å². The fourth-order valence-electron chi connectivity index (χ4n) is 1.29. The van der Waals surface area contributed by atoms with Gasteiger partial charge in [0.25, 0.3) is 10.0 Å². The molecule has 0 radical (unpaired) electrons. The maximum absolute atomic E-state index is 12.1. The second kappa shape index (κ2) is 4.94. The third kappa shape index (κ3) is 2.87. The molecule has 8 nitrogen and oxygen atoms in total. The third-order valence-corrected chi connectivity index (χ3v) is 4.62. The number of halogens is 1. The van der Waals surface area contributed by atoms with Crippen LogP contribution in [-0.2, 0) is 26.6 Å². The van der Waals surface area contributed by atoms with Crippen molar-refractivity contribution >= 4 is 31.9 Å². The van der Waals surface area contributed by atoms with Gasteiger partial charge in [-0.2, -0.15) is 4.72 Å². The minimum atomic E-state index is -3.95. The molecule has 0 atom stereocenters. The number of ether oxygens (including phenoxy) is 1. The molecule has 0 aliphatic heterocycles. The second-order valence-corrected chi connectivity index (χ2v) is 6.38. The molecule has 0 aliphatic rings. The highest BCUT2D eigenvalue weighted by atomic mass is 79.9. The molecule has 1 heterocycles. The Morgan fingerprint density at radius 1 is 1.50 bits per heavy atom. The standard InChI is InChI=1S/C8H13BrN4O4S/c1-8(2,7(14)17-4)11-18(15,16)6-5(9)10-12-13(6)3/h11H,1-4H3. The molecule has 10 heteroatoms. The summed E-state index contributed by atoms with van der Waals surface area (Å²) >= 11 is 2.98. The maximum Gasteiger partial charge on any atom is 0.326 e. The van der Waals surface area contributed by atoms with Gasteiger partial charge in [0.05, 0.1) is 7.11 Å². The average Bonchev–Trinajstić information content (AvgIpc) is 2.56. The van der Waals surface area contributed by atoms with Crippen molar-refractivity contribution in [1.29, 1.82) is 0 Å². The molecule has 0 fully saturated rings. The molecule has 0 amide bonds. The molecule has 0 saturated heterocycles. The number of methoxy groups -OCH3 is 1. The first-order valence-corrected chi connectivity index (χ1v) is 7.07. The molecule has 1 aromatic rings. The number of carbonyl (C=O) groups excluding carboxylic acids is 1. The van der Waals surface area contributed by atoms with Crippen molar-refractivity contribution in [3.05, 3.63) is 4.60 Å². The number of aromatic nitrogens is 3. The lowest BCUT2D eigenvalue weighted by Crippen LogP contribution is -2.50. The van der Waals surface area contributed by atoms with Crippen LogP contribution in [0.4, 0.5) is 0 Å². The van der Waals surface area contributed by atoms with Gasteiger partial charge in [-0.25, -0.2) is 13.1 Å². The van der Waals surface area contributed by atoms with Crippen LogP contribution in [0, 0.1) is 0 Å². The molecule has 0 saturated carbocycles. The molecule has 0 bridgehead atoms. The Kier molecular flexibility index (Phi) is 4.13. The monoisotopic (exact) mass is 340 g/mol. The number of hydrogen-bond donors (Lipinski definition) is 1. The van der Waals surface area contributed by atoms with E-state index >= 15 is 0 Å².